The Morgan fingerprint density at radius 3 is 2.61 bits per heavy atom. The van der Waals surface area contributed by atoms with Crippen molar-refractivity contribution in [3.8, 4) is 0 Å². The third kappa shape index (κ3) is 5.50. The van der Waals surface area contributed by atoms with Crippen molar-refractivity contribution in [1.82, 2.24) is 14.9 Å². The van der Waals surface area contributed by atoms with Gasteiger partial charge in [-0.2, -0.15) is 0 Å². The van der Waals surface area contributed by atoms with Gasteiger partial charge in [-0.1, -0.05) is 12.1 Å². The van der Waals surface area contributed by atoms with E-state index in [-0.39, 0.29) is 18.0 Å². The molecular weight excluding hydrogens is 421 g/mol. The number of piperidine rings is 1. The molecule has 0 spiro atoms. The largest absolute Gasteiger partial charge is 0.444 e. The first-order valence-electron chi connectivity index (χ1n) is 11.2. The number of rotatable bonds is 4. The minimum Gasteiger partial charge on any atom is -0.444 e. The van der Waals surface area contributed by atoms with E-state index in [0.717, 1.165) is 29.6 Å². The van der Waals surface area contributed by atoms with Crippen molar-refractivity contribution in [2.75, 3.05) is 30.4 Å². The monoisotopic (exact) mass is 451 g/mol. The van der Waals surface area contributed by atoms with E-state index in [1.165, 1.54) is 6.07 Å². The fraction of sp³-hybridized carbons (Fsp3) is 0.400. The molecule has 1 saturated heterocycles. The third-order valence-electron chi connectivity index (χ3n) is 5.72. The SMILES string of the molecule is CN(c1ccc2cnc(Nc3ccccc3F)cc2n1)C1CCN(C(=O)OC(C)(C)C)CC1. The Morgan fingerprint density at radius 2 is 1.91 bits per heavy atom. The first-order chi connectivity index (χ1) is 15.7. The summed E-state index contributed by atoms with van der Waals surface area (Å²) < 4.78 is 19.5. The summed E-state index contributed by atoms with van der Waals surface area (Å²) in [6.45, 7) is 6.94. The summed E-state index contributed by atoms with van der Waals surface area (Å²) in [6, 6.07) is 12.6. The van der Waals surface area contributed by atoms with Gasteiger partial charge in [0.1, 0.15) is 23.1 Å². The molecule has 0 radical (unpaired) electrons. The number of nitrogens with zero attached hydrogens (tertiary/aromatic N) is 4. The molecule has 7 nitrogen and oxygen atoms in total. The second-order valence-corrected chi connectivity index (χ2v) is 9.35. The molecule has 1 amide bonds. The average Bonchev–Trinajstić information content (AvgIpc) is 2.78. The first kappa shape index (κ1) is 22.8. The van der Waals surface area contributed by atoms with Gasteiger partial charge in [0.2, 0.25) is 0 Å². The van der Waals surface area contributed by atoms with E-state index in [9.17, 15) is 9.18 Å². The van der Waals surface area contributed by atoms with Crippen molar-refractivity contribution < 1.29 is 13.9 Å². The number of amides is 1. The van der Waals surface area contributed by atoms with Gasteiger partial charge in [-0.3, -0.25) is 0 Å². The number of ether oxygens (including phenoxy) is 1. The number of carbonyl (C=O) groups excluding carboxylic acids is 1. The summed E-state index contributed by atoms with van der Waals surface area (Å²) in [7, 11) is 2.03. The lowest BCUT2D eigenvalue weighted by Gasteiger charge is -2.37. The van der Waals surface area contributed by atoms with E-state index in [1.54, 1.807) is 29.3 Å². The number of likely N-dealkylation sites (tertiary alicyclic amines) is 1. The molecule has 174 valence electrons. The summed E-state index contributed by atoms with van der Waals surface area (Å²) in [5.41, 5.74) is 0.656. The highest BCUT2D eigenvalue weighted by Gasteiger charge is 2.29. The summed E-state index contributed by atoms with van der Waals surface area (Å²) in [5, 5.41) is 3.93. The van der Waals surface area contributed by atoms with Crippen molar-refractivity contribution in [3.05, 3.63) is 54.5 Å². The molecule has 0 aliphatic carbocycles. The second kappa shape index (κ2) is 9.21. The van der Waals surface area contributed by atoms with E-state index < -0.39 is 5.60 Å². The molecule has 1 aliphatic heterocycles. The van der Waals surface area contributed by atoms with Crippen molar-refractivity contribution in [2.24, 2.45) is 0 Å². The number of aromatic nitrogens is 2. The molecule has 1 aliphatic rings. The summed E-state index contributed by atoms with van der Waals surface area (Å²) in [5.74, 6) is 1.05. The Kier molecular flexibility index (Phi) is 6.35. The number of pyridine rings is 2. The Labute approximate surface area is 193 Å². The highest BCUT2D eigenvalue weighted by atomic mass is 19.1. The molecule has 1 aromatic carbocycles. The minimum absolute atomic E-state index is 0.255. The quantitative estimate of drug-likeness (QED) is 0.577. The number of carbonyl (C=O) groups is 1. The predicted molar refractivity (Wildman–Crippen MR) is 128 cm³/mol. The molecular formula is C25H30FN5O2. The van der Waals surface area contributed by atoms with E-state index in [2.05, 4.69) is 15.2 Å². The average molecular weight is 452 g/mol. The fourth-order valence-corrected chi connectivity index (χ4v) is 3.92. The highest BCUT2D eigenvalue weighted by molar-refractivity contribution is 5.82. The maximum absolute atomic E-state index is 14.0. The lowest BCUT2D eigenvalue weighted by molar-refractivity contribution is 0.0205. The first-order valence-corrected chi connectivity index (χ1v) is 11.2. The molecule has 0 unspecified atom stereocenters. The van der Waals surface area contributed by atoms with Crippen molar-refractivity contribution in [2.45, 2.75) is 45.3 Å². The van der Waals surface area contributed by atoms with E-state index in [0.29, 0.717) is 24.6 Å². The summed E-state index contributed by atoms with van der Waals surface area (Å²) in [4.78, 5) is 25.5. The number of fused-ring (bicyclic) bond motifs is 1. The van der Waals surface area contributed by atoms with Gasteiger partial charge in [-0.25, -0.2) is 19.2 Å². The molecule has 1 N–H and O–H groups in total. The number of halogens is 1. The van der Waals surface area contributed by atoms with Crippen LogP contribution in [0.3, 0.4) is 0 Å². The van der Waals surface area contributed by atoms with Crippen molar-refractivity contribution in [3.63, 3.8) is 0 Å². The van der Waals surface area contributed by atoms with Crippen LogP contribution in [0, 0.1) is 5.82 Å². The molecule has 3 heterocycles. The number of nitrogens with one attached hydrogen (secondary N) is 1. The fourth-order valence-electron chi connectivity index (χ4n) is 3.92. The molecule has 0 atom stereocenters. The van der Waals surface area contributed by atoms with E-state index in [1.807, 2.05) is 46.0 Å². The number of hydrogen-bond acceptors (Lipinski definition) is 6. The highest BCUT2D eigenvalue weighted by Crippen LogP contribution is 2.26. The normalized spacial score (nSPS) is 14.9. The number of hydrogen-bond donors (Lipinski definition) is 1. The van der Waals surface area contributed by atoms with Crippen LogP contribution in [0.2, 0.25) is 0 Å². The Morgan fingerprint density at radius 1 is 1.18 bits per heavy atom. The zero-order valence-electron chi connectivity index (χ0n) is 19.5. The maximum atomic E-state index is 14.0. The van der Waals surface area contributed by atoms with Gasteiger partial charge in [0.15, 0.2) is 0 Å². The van der Waals surface area contributed by atoms with Gasteiger partial charge in [0.05, 0.1) is 11.2 Å². The number of para-hydroxylation sites is 1. The van der Waals surface area contributed by atoms with Crippen LogP contribution >= 0.6 is 0 Å². The van der Waals surface area contributed by atoms with Crippen LogP contribution in [-0.2, 0) is 4.74 Å². The zero-order chi connectivity index (χ0) is 23.6. The van der Waals surface area contributed by atoms with Gasteiger partial charge in [-0.05, 0) is 57.9 Å². The van der Waals surface area contributed by atoms with Gasteiger partial charge in [0, 0.05) is 43.8 Å². The van der Waals surface area contributed by atoms with Crippen LogP contribution in [-0.4, -0.2) is 52.7 Å². The maximum Gasteiger partial charge on any atom is 0.410 e. The topological polar surface area (TPSA) is 70.6 Å². The van der Waals surface area contributed by atoms with E-state index in [4.69, 9.17) is 9.72 Å². The molecule has 2 aromatic heterocycles. The number of anilines is 3. The smallest absolute Gasteiger partial charge is 0.410 e. The molecule has 0 saturated carbocycles. The Balaban J connectivity index is 1.45. The summed E-state index contributed by atoms with van der Waals surface area (Å²) >= 11 is 0. The molecule has 8 heteroatoms. The predicted octanol–water partition coefficient (Wildman–Crippen LogP) is 5.35. The molecule has 0 bridgehead atoms. The van der Waals surface area contributed by atoms with Crippen LogP contribution < -0.4 is 10.2 Å². The van der Waals surface area contributed by atoms with Crippen LogP contribution in [0.1, 0.15) is 33.6 Å². The van der Waals surface area contributed by atoms with Gasteiger partial charge >= 0.3 is 6.09 Å². The van der Waals surface area contributed by atoms with Crippen LogP contribution in [0.5, 0.6) is 0 Å². The van der Waals surface area contributed by atoms with Gasteiger partial charge in [-0.15, -0.1) is 0 Å². The van der Waals surface area contributed by atoms with Gasteiger partial charge in [0.25, 0.3) is 0 Å². The van der Waals surface area contributed by atoms with Crippen molar-refractivity contribution >= 4 is 34.3 Å². The lowest BCUT2D eigenvalue weighted by Crippen LogP contribution is -2.47. The Bertz CT molecular complexity index is 1140. The standard InChI is InChI=1S/C25H30FN5O2/c1-25(2,3)33-24(32)31-13-11-18(12-14-31)30(4)23-10-9-17-16-27-22(15-21(17)29-23)28-20-8-6-5-7-19(20)26/h5-10,15-16,18H,11-14H2,1-4H3,(H,27,28). The van der Waals surface area contributed by atoms with Crippen LogP contribution in [0.25, 0.3) is 10.9 Å². The lowest BCUT2D eigenvalue weighted by atomic mass is 10.0. The number of benzene rings is 1. The second-order valence-electron chi connectivity index (χ2n) is 9.35. The van der Waals surface area contributed by atoms with Crippen molar-refractivity contribution in [1.29, 1.82) is 0 Å². The minimum atomic E-state index is -0.491. The Hall–Kier alpha value is -3.42. The molecule has 3 aromatic rings. The van der Waals surface area contributed by atoms with Gasteiger partial charge < -0.3 is 19.9 Å². The zero-order valence-corrected chi connectivity index (χ0v) is 19.5. The van der Waals surface area contributed by atoms with Crippen LogP contribution in [0.4, 0.5) is 26.5 Å². The molecule has 1 fully saturated rings. The van der Waals surface area contributed by atoms with Crippen LogP contribution in [0.15, 0.2) is 48.7 Å². The third-order valence-corrected chi connectivity index (χ3v) is 5.72. The van der Waals surface area contributed by atoms with E-state index >= 15 is 0 Å². The summed E-state index contributed by atoms with van der Waals surface area (Å²) in [6.07, 6.45) is 3.15. The molecule has 4 rings (SSSR count). The molecule has 33 heavy (non-hydrogen) atoms.